The van der Waals surface area contributed by atoms with Crippen molar-refractivity contribution < 1.29 is 9.60 Å². The van der Waals surface area contributed by atoms with Crippen molar-refractivity contribution in [1.29, 1.82) is 0 Å². The molecule has 0 unspecified atom stereocenters. The predicted molar refractivity (Wildman–Crippen MR) is 45.5 cm³/mol. The second-order valence-corrected chi connectivity index (χ2v) is 2.12. The van der Waals surface area contributed by atoms with Crippen LogP contribution in [0.5, 0.6) is 0 Å². The molecule has 1 aromatic rings. The van der Waals surface area contributed by atoms with Crippen LogP contribution in [-0.2, 0) is 0 Å². The second kappa shape index (κ2) is 2.74. The topological polar surface area (TPSA) is 3.24 Å². The molecule has 0 atom stereocenters. The van der Waals surface area contributed by atoms with E-state index in [1.54, 1.807) is 14.1 Å². The number of hydrogen-bond acceptors (Lipinski definition) is 1. The summed E-state index contributed by atoms with van der Waals surface area (Å²) in [5, 5.41) is 0. The maximum absolute atomic E-state index is 7.70. The van der Waals surface area contributed by atoms with Gasteiger partial charge in [-0.2, -0.15) is 0 Å². The number of rotatable bonds is 1. The highest BCUT2D eigenvalue weighted by Gasteiger charge is 1.95. The number of nitrogens with zero attached hydrogens (tertiary/aromatic N) is 1. The first-order chi connectivity index (χ1) is 7.59. The van der Waals surface area contributed by atoms with Crippen LogP contribution in [0.2, 0.25) is 0 Å². The molecule has 1 heteroatoms. The average molecular weight is 142 g/mol. The Morgan fingerprint density at radius 1 is 1.40 bits per heavy atom. The summed E-state index contributed by atoms with van der Waals surface area (Å²) in [5.41, 5.74) is -0.329. The van der Waals surface area contributed by atoms with Gasteiger partial charge in [-0.3, -0.25) is 0 Å². The van der Waals surface area contributed by atoms with E-state index in [9.17, 15) is 0 Å². The molecule has 54 valence electrons. The van der Waals surface area contributed by atoms with Gasteiger partial charge in [0.25, 0.3) is 0 Å². The van der Waals surface area contributed by atoms with Crippen LogP contribution < -0.4 is 4.90 Å². The molecule has 1 rings (SSSR count). The SMILES string of the molecule is [2H]c1c([2H])c([2H])c(C([2H])([2H])[2H])c(N(C)C)c1[2H]. The maximum Gasteiger partial charge on any atom is 0.0645 e. The zero-order valence-electron chi connectivity index (χ0n) is 12.9. The van der Waals surface area contributed by atoms with Crippen molar-refractivity contribution in [2.45, 2.75) is 6.85 Å². The van der Waals surface area contributed by atoms with Crippen molar-refractivity contribution in [3.63, 3.8) is 0 Å². The fourth-order valence-electron chi connectivity index (χ4n) is 0.641. The van der Waals surface area contributed by atoms with E-state index in [1.165, 1.54) is 4.90 Å². The van der Waals surface area contributed by atoms with Gasteiger partial charge in [0.05, 0.1) is 5.48 Å². The fourth-order valence-corrected chi connectivity index (χ4v) is 0.641. The number of benzene rings is 1. The minimum absolute atomic E-state index is 0.0102. The van der Waals surface area contributed by atoms with Crippen LogP contribution in [0.1, 0.15) is 15.2 Å². The zero-order chi connectivity index (χ0) is 13.5. The summed E-state index contributed by atoms with van der Waals surface area (Å²) in [5.74, 6) is 0. The Morgan fingerprint density at radius 2 is 2.10 bits per heavy atom. The first-order valence-electron chi connectivity index (χ1n) is 6.37. The van der Waals surface area contributed by atoms with E-state index < -0.39 is 25.0 Å². The normalized spacial score (nSPS) is 20.8. The summed E-state index contributed by atoms with van der Waals surface area (Å²) in [6.45, 7) is -2.57. The van der Waals surface area contributed by atoms with E-state index in [0.29, 0.717) is 0 Å². The third-order valence-electron chi connectivity index (χ3n) is 1.11. The Labute approximate surface area is 72.1 Å². The van der Waals surface area contributed by atoms with E-state index >= 15 is 0 Å². The Kier molecular flexibility index (Phi) is 0.618. The Hall–Kier alpha value is -0.980. The first-order valence-corrected chi connectivity index (χ1v) is 2.87. The molecule has 0 aromatic heterocycles. The molecule has 0 saturated heterocycles. The van der Waals surface area contributed by atoms with Gasteiger partial charge in [0.2, 0.25) is 0 Å². The zero-order valence-corrected chi connectivity index (χ0v) is 5.95. The molecule has 0 aliphatic carbocycles. The quantitative estimate of drug-likeness (QED) is 0.580. The number of hydrogen-bond donors (Lipinski definition) is 0. The van der Waals surface area contributed by atoms with Crippen LogP contribution >= 0.6 is 0 Å². The van der Waals surface area contributed by atoms with Crippen LogP contribution in [0.3, 0.4) is 0 Å². The number of anilines is 1. The molecule has 0 aliphatic rings. The van der Waals surface area contributed by atoms with E-state index in [1.807, 2.05) is 0 Å². The Morgan fingerprint density at radius 3 is 2.70 bits per heavy atom. The van der Waals surface area contributed by atoms with Gasteiger partial charge in [-0.05, 0) is 18.5 Å². The first kappa shape index (κ1) is 2.26. The smallest absolute Gasteiger partial charge is 0.0645 e. The Balaban J connectivity index is 3.79. The van der Waals surface area contributed by atoms with Crippen LogP contribution in [0, 0.1) is 6.85 Å². The van der Waals surface area contributed by atoms with Crippen molar-refractivity contribution in [1.82, 2.24) is 0 Å². The van der Waals surface area contributed by atoms with Crippen molar-refractivity contribution in [2.24, 2.45) is 0 Å². The summed E-state index contributed by atoms with van der Waals surface area (Å²) in [6.07, 6.45) is 0. The molecule has 0 spiro atoms. The lowest BCUT2D eigenvalue weighted by atomic mass is 10.2. The van der Waals surface area contributed by atoms with Crippen LogP contribution in [0.15, 0.2) is 24.2 Å². The van der Waals surface area contributed by atoms with Crippen molar-refractivity contribution in [3.8, 4) is 0 Å². The van der Waals surface area contributed by atoms with Gasteiger partial charge >= 0.3 is 0 Å². The van der Waals surface area contributed by atoms with Crippen LogP contribution in [0.25, 0.3) is 0 Å². The molecule has 1 nitrogen and oxygen atoms in total. The van der Waals surface area contributed by atoms with Crippen molar-refractivity contribution >= 4 is 5.69 Å². The monoisotopic (exact) mass is 142 g/mol. The van der Waals surface area contributed by atoms with Gasteiger partial charge in [0.15, 0.2) is 0 Å². The average Bonchev–Trinajstić information content (AvgIpc) is 2.17. The molecule has 0 radical (unpaired) electrons. The standard InChI is InChI=1S/C9H13N/c1-8-6-4-5-7-9(8)10(2)3/h4-7H,1-3H3/i1D3,4D,5D,6D,7D. The highest BCUT2D eigenvalue weighted by atomic mass is 15.1. The summed E-state index contributed by atoms with van der Waals surface area (Å²) >= 11 is 0. The van der Waals surface area contributed by atoms with E-state index in [0.717, 1.165) is 0 Å². The third-order valence-corrected chi connectivity index (χ3v) is 1.11. The van der Waals surface area contributed by atoms with Crippen molar-refractivity contribution in [2.75, 3.05) is 19.0 Å². The van der Waals surface area contributed by atoms with Gasteiger partial charge in [-0.1, -0.05) is 18.1 Å². The summed E-state index contributed by atoms with van der Waals surface area (Å²) in [6, 6.07) is -1.78. The molecular weight excluding hydrogens is 122 g/mol. The largest absolute Gasteiger partial charge is 0.377 e. The molecule has 0 saturated carbocycles. The third kappa shape index (κ3) is 1.29. The van der Waals surface area contributed by atoms with Gasteiger partial charge in [-0.15, -0.1) is 0 Å². The van der Waals surface area contributed by atoms with Crippen LogP contribution in [-0.4, -0.2) is 14.1 Å². The van der Waals surface area contributed by atoms with Gasteiger partial charge in [0.1, 0.15) is 0 Å². The molecule has 0 amide bonds. The fraction of sp³-hybridized carbons (Fsp3) is 0.333. The molecule has 0 fully saturated rings. The Bertz CT molecular complexity index is 450. The van der Waals surface area contributed by atoms with Gasteiger partial charge in [-0.25, -0.2) is 0 Å². The second-order valence-electron chi connectivity index (χ2n) is 2.12. The number of para-hydroxylation sites is 1. The predicted octanol–water partition coefficient (Wildman–Crippen LogP) is 2.06. The van der Waals surface area contributed by atoms with E-state index in [-0.39, 0.29) is 17.3 Å². The molecule has 10 heavy (non-hydrogen) atoms. The molecule has 0 bridgehead atoms. The highest BCUT2D eigenvalue weighted by Crippen LogP contribution is 2.15. The lowest BCUT2D eigenvalue weighted by Gasteiger charge is -2.14. The molecule has 0 N–H and O–H groups in total. The minimum atomic E-state index is -2.57. The maximum atomic E-state index is 7.70. The van der Waals surface area contributed by atoms with Gasteiger partial charge in [0, 0.05) is 23.9 Å². The van der Waals surface area contributed by atoms with E-state index in [4.69, 9.17) is 9.60 Å². The molecule has 1 aromatic carbocycles. The lowest BCUT2D eigenvalue weighted by Crippen LogP contribution is -2.09. The highest BCUT2D eigenvalue weighted by molar-refractivity contribution is 5.51. The van der Waals surface area contributed by atoms with Crippen LogP contribution in [0.4, 0.5) is 5.69 Å². The summed E-state index contributed by atoms with van der Waals surface area (Å²) in [4.78, 5) is 1.39. The lowest BCUT2D eigenvalue weighted by molar-refractivity contribution is 1.11. The van der Waals surface area contributed by atoms with Gasteiger partial charge < -0.3 is 4.90 Å². The van der Waals surface area contributed by atoms with E-state index in [2.05, 4.69) is 0 Å². The summed E-state index contributed by atoms with van der Waals surface area (Å²) < 4.78 is 52.5. The minimum Gasteiger partial charge on any atom is -0.377 e. The molecular formula is C9H13N. The van der Waals surface area contributed by atoms with Crippen molar-refractivity contribution in [3.05, 3.63) is 29.7 Å². The summed E-state index contributed by atoms with van der Waals surface area (Å²) in [7, 11) is 3.09. The molecule has 0 aliphatic heterocycles. The molecule has 0 heterocycles.